The summed E-state index contributed by atoms with van der Waals surface area (Å²) in [5.41, 5.74) is 0.556. The summed E-state index contributed by atoms with van der Waals surface area (Å²) in [4.78, 5) is 17.6. The minimum absolute atomic E-state index is 0.0385. The van der Waals surface area contributed by atoms with Crippen LogP contribution in [0.5, 0.6) is 5.75 Å². The molecule has 0 unspecified atom stereocenters. The third-order valence-corrected chi connectivity index (χ3v) is 4.43. The first kappa shape index (κ1) is 19.2. The van der Waals surface area contributed by atoms with Crippen molar-refractivity contribution in [2.24, 2.45) is 5.92 Å². The summed E-state index contributed by atoms with van der Waals surface area (Å²) in [6, 6.07) is 9.28. The van der Waals surface area contributed by atoms with Gasteiger partial charge in [0, 0.05) is 32.9 Å². The molecule has 1 N–H and O–H groups in total. The number of pyridine rings is 1. The molecule has 27 heavy (non-hydrogen) atoms. The largest absolute Gasteiger partial charge is 0.487 e. The minimum atomic E-state index is -4.40. The Kier molecular flexibility index (Phi) is 5.65. The zero-order chi connectivity index (χ0) is 19.4. The molecule has 1 aromatic carbocycles. The van der Waals surface area contributed by atoms with Crippen LogP contribution in [0.4, 0.5) is 13.2 Å². The van der Waals surface area contributed by atoms with Crippen LogP contribution in [0.25, 0.3) is 0 Å². The molecule has 144 valence electrons. The number of carbonyl (C=O) groups is 1. The van der Waals surface area contributed by atoms with E-state index in [4.69, 9.17) is 4.74 Å². The molecule has 1 aliphatic heterocycles. The lowest BCUT2D eigenvalue weighted by Gasteiger charge is -2.38. The third-order valence-electron chi connectivity index (χ3n) is 4.43. The molecule has 0 saturated carbocycles. The van der Waals surface area contributed by atoms with Crippen LogP contribution >= 0.6 is 0 Å². The van der Waals surface area contributed by atoms with Crippen LogP contribution in [-0.4, -0.2) is 35.9 Å². The van der Waals surface area contributed by atoms with Crippen molar-refractivity contribution < 1.29 is 22.7 Å². The predicted octanol–water partition coefficient (Wildman–Crippen LogP) is 2.86. The minimum Gasteiger partial charge on any atom is -0.487 e. The summed E-state index contributed by atoms with van der Waals surface area (Å²) in [7, 11) is 1.64. The molecule has 2 aromatic rings. The molecule has 0 bridgehead atoms. The Morgan fingerprint density at radius 1 is 1.26 bits per heavy atom. The topological polar surface area (TPSA) is 54.5 Å². The monoisotopic (exact) mass is 379 g/mol. The van der Waals surface area contributed by atoms with Crippen molar-refractivity contribution in [2.75, 3.05) is 20.1 Å². The standard InChI is InChI=1S/C19H20F3N3O2/c1-23-18(26)14-10-25(11-14)9-13-2-4-17(5-3-13)27-12-16-8-15(6-7-24-16)19(20,21)22/h2-8,14H,9-12H2,1H3,(H,23,26). The number of carbonyl (C=O) groups excluding carboxylic acids is 1. The molecule has 2 heterocycles. The quantitative estimate of drug-likeness (QED) is 0.839. The maximum Gasteiger partial charge on any atom is 0.416 e. The highest BCUT2D eigenvalue weighted by Crippen LogP contribution is 2.29. The third kappa shape index (κ3) is 4.97. The number of likely N-dealkylation sites (tertiary alicyclic amines) is 1. The second-order valence-electron chi connectivity index (χ2n) is 6.47. The van der Waals surface area contributed by atoms with E-state index in [1.807, 2.05) is 12.1 Å². The Morgan fingerprint density at radius 3 is 2.59 bits per heavy atom. The fourth-order valence-electron chi connectivity index (χ4n) is 2.91. The number of nitrogens with zero attached hydrogens (tertiary/aromatic N) is 2. The lowest BCUT2D eigenvalue weighted by Crippen LogP contribution is -2.52. The van der Waals surface area contributed by atoms with Gasteiger partial charge in [0.05, 0.1) is 17.2 Å². The maximum atomic E-state index is 12.7. The Hall–Kier alpha value is -2.61. The number of aromatic nitrogens is 1. The number of ether oxygens (including phenoxy) is 1. The Balaban J connectivity index is 1.49. The van der Waals surface area contributed by atoms with Gasteiger partial charge < -0.3 is 10.1 Å². The Bertz CT molecular complexity index is 788. The number of alkyl halides is 3. The molecule has 1 saturated heterocycles. The summed E-state index contributed by atoms with van der Waals surface area (Å²) in [5, 5.41) is 2.65. The average molecular weight is 379 g/mol. The molecular formula is C19H20F3N3O2. The Morgan fingerprint density at radius 2 is 1.96 bits per heavy atom. The zero-order valence-electron chi connectivity index (χ0n) is 14.8. The van der Waals surface area contributed by atoms with Crippen molar-refractivity contribution >= 4 is 5.91 Å². The fourth-order valence-corrected chi connectivity index (χ4v) is 2.91. The van der Waals surface area contributed by atoms with Gasteiger partial charge in [-0.1, -0.05) is 12.1 Å². The van der Waals surface area contributed by atoms with E-state index in [9.17, 15) is 18.0 Å². The number of amides is 1. The second-order valence-corrected chi connectivity index (χ2v) is 6.47. The molecule has 0 aliphatic carbocycles. The summed E-state index contributed by atoms with van der Waals surface area (Å²) in [5.74, 6) is 0.681. The molecule has 3 rings (SSSR count). The van der Waals surface area contributed by atoms with Crippen LogP contribution in [0.2, 0.25) is 0 Å². The molecule has 5 nitrogen and oxygen atoms in total. The van der Waals surface area contributed by atoms with E-state index in [2.05, 4.69) is 15.2 Å². The van der Waals surface area contributed by atoms with Crippen molar-refractivity contribution in [3.63, 3.8) is 0 Å². The number of halogens is 3. The van der Waals surface area contributed by atoms with Gasteiger partial charge in [0.1, 0.15) is 12.4 Å². The number of nitrogens with one attached hydrogen (secondary N) is 1. The van der Waals surface area contributed by atoms with E-state index >= 15 is 0 Å². The second kappa shape index (κ2) is 7.96. The summed E-state index contributed by atoms with van der Waals surface area (Å²) < 4.78 is 43.6. The average Bonchev–Trinajstić information content (AvgIpc) is 2.62. The van der Waals surface area contributed by atoms with Crippen molar-refractivity contribution in [1.82, 2.24) is 15.2 Å². The number of benzene rings is 1. The van der Waals surface area contributed by atoms with Crippen molar-refractivity contribution in [1.29, 1.82) is 0 Å². The Labute approximate surface area is 155 Å². The van der Waals surface area contributed by atoms with E-state index in [0.717, 1.165) is 43.5 Å². The molecule has 1 amide bonds. The molecule has 1 fully saturated rings. The number of rotatable bonds is 6. The first-order chi connectivity index (χ1) is 12.8. The normalized spacial score (nSPS) is 15.3. The van der Waals surface area contributed by atoms with Crippen molar-refractivity contribution in [3.8, 4) is 5.75 Å². The molecule has 8 heteroatoms. The van der Waals surface area contributed by atoms with Gasteiger partial charge >= 0.3 is 6.18 Å². The van der Waals surface area contributed by atoms with Gasteiger partial charge in [0.15, 0.2) is 0 Å². The first-order valence-corrected chi connectivity index (χ1v) is 8.53. The van der Waals surface area contributed by atoms with Gasteiger partial charge in [-0.3, -0.25) is 14.7 Å². The fraction of sp³-hybridized carbons (Fsp3) is 0.368. The van der Waals surface area contributed by atoms with Gasteiger partial charge in [-0.05, 0) is 29.8 Å². The summed E-state index contributed by atoms with van der Waals surface area (Å²) >= 11 is 0. The molecule has 0 spiro atoms. The van der Waals surface area contributed by atoms with Crippen LogP contribution in [0.1, 0.15) is 16.8 Å². The summed E-state index contributed by atoms with van der Waals surface area (Å²) in [6.07, 6.45) is -3.27. The van der Waals surface area contributed by atoms with Crippen LogP contribution in [0.15, 0.2) is 42.6 Å². The van der Waals surface area contributed by atoms with Crippen LogP contribution in [0.3, 0.4) is 0 Å². The number of hydrogen-bond donors (Lipinski definition) is 1. The van der Waals surface area contributed by atoms with E-state index in [0.29, 0.717) is 5.75 Å². The van der Waals surface area contributed by atoms with Gasteiger partial charge in [0.25, 0.3) is 0 Å². The van der Waals surface area contributed by atoms with E-state index in [1.165, 1.54) is 0 Å². The lowest BCUT2D eigenvalue weighted by atomic mass is 9.98. The molecule has 0 radical (unpaired) electrons. The smallest absolute Gasteiger partial charge is 0.416 e. The number of hydrogen-bond acceptors (Lipinski definition) is 4. The predicted molar refractivity (Wildman–Crippen MR) is 92.8 cm³/mol. The first-order valence-electron chi connectivity index (χ1n) is 8.53. The van der Waals surface area contributed by atoms with Crippen LogP contribution in [-0.2, 0) is 24.1 Å². The zero-order valence-corrected chi connectivity index (χ0v) is 14.8. The van der Waals surface area contributed by atoms with Gasteiger partial charge in [-0.2, -0.15) is 13.2 Å². The summed E-state index contributed by atoms with van der Waals surface area (Å²) in [6.45, 7) is 2.17. The molecule has 1 aliphatic rings. The molecule has 1 aromatic heterocycles. The van der Waals surface area contributed by atoms with Crippen molar-refractivity contribution in [2.45, 2.75) is 19.3 Å². The highest BCUT2D eigenvalue weighted by Gasteiger charge is 2.32. The highest BCUT2D eigenvalue weighted by atomic mass is 19.4. The molecular weight excluding hydrogens is 359 g/mol. The SMILES string of the molecule is CNC(=O)C1CN(Cc2ccc(OCc3cc(C(F)(F)F)ccn3)cc2)C1. The maximum absolute atomic E-state index is 12.7. The van der Waals surface area contributed by atoms with Gasteiger partial charge in [-0.15, -0.1) is 0 Å². The highest BCUT2D eigenvalue weighted by molar-refractivity contribution is 5.79. The van der Waals surface area contributed by atoms with E-state index in [-0.39, 0.29) is 24.1 Å². The lowest BCUT2D eigenvalue weighted by molar-refractivity contribution is -0.137. The van der Waals surface area contributed by atoms with E-state index in [1.54, 1.807) is 19.2 Å². The van der Waals surface area contributed by atoms with Crippen LogP contribution in [0, 0.1) is 5.92 Å². The van der Waals surface area contributed by atoms with Gasteiger partial charge in [-0.25, -0.2) is 0 Å². The van der Waals surface area contributed by atoms with Gasteiger partial charge in [0.2, 0.25) is 5.91 Å². The molecule has 0 atom stereocenters. The van der Waals surface area contributed by atoms with Crippen LogP contribution < -0.4 is 10.1 Å². The van der Waals surface area contributed by atoms with E-state index < -0.39 is 11.7 Å². The van der Waals surface area contributed by atoms with Crippen molar-refractivity contribution in [3.05, 3.63) is 59.4 Å².